The summed E-state index contributed by atoms with van der Waals surface area (Å²) >= 11 is 0. The first kappa shape index (κ1) is 85.9. The lowest BCUT2D eigenvalue weighted by Crippen LogP contribution is -2.48. The van der Waals surface area contributed by atoms with E-state index in [-0.39, 0.29) is 150 Å². The first-order valence-electron chi connectivity index (χ1n) is 39.1. The van der Waals surface area contributed by atoms with Gasteiger partial charge in [-0.1, -0.05) is 0 Å². The molecule has 0 radical (unpaired) electrons. The summed E-state index contributed by atoms with van der Waals surface area (Å²) in [5, 5.41) is 81.6. The molecule has 4 aliphatic carbocycles. The molecule has 0 unspecified atom stereocenters. The van der Waals surface area contributed by atoms with Crippen LogP contribution in [0, 0.1) is 64.1 Å². The zero-order valence-corrected chi connectivity index (χ0v) is 63.5. The largest absolute Gasteiger partial charge is 0.393 e. The third-order valence-electron chi connectivity index (χ3n) is 21.4. The number of hydrogen-bond donors (Lipinski definition) is 14. The van der Waals surface area contributed by atoms with Gasteiger partial charge in [-0.3, -0.25) is 59.6 Å². The number of aliphatic hydroxyl groups is 1. The zero-order valence-electron chi connectivity index (χ0n) is 63.5. The van der Waals surface area contributed by atoms with Gasteiger partial charge >= 0.3 is 22.7 Å². The van der Waals surface area contributed by atoms with Crippen LogP contribution < -0.4 is 70.8 Å². The van der Waals surface area contributed by atoms with Gasteiger partial charge in [-0.05, 0) is 152 Å². The van der Waals surface area contributed by atoms with Crippen LogP contribution in [-0.2, 0) is 23.9 Å². The van der Waals surface area contributed by atoms with Gasteiger partial charge in [0.2, 0.25) is 70.7 Å². The lowest BCUT2D eigenvalue weighted by Gasteiger charge is -2.29. The number of aromatic nitrogens is 8. The van der Waals surface area contributed by atoms with Crippen molar-refractivity contribution in [2.24, 2.45) is 46.6 Å². The van der Waals surface area contributed by atoms with Crippen molar-refractivity contribution in [1.29, 1.82) is 0 Å². The van der Waals surface area contributed by atoms with Gasteiger partial charge in [0, 0.05) is 116 Å². The highest BCUT2D eigenvalue weighted by molar-refractivity contribution is 5.82. The SMILES string of the molecule is NC1CCC(CNc2nc(NCC(=O)N3CCC(O)CC3)ncc2[N+](=O)[O-])CC1.NC1CCC(CNc2nc(NCC(=O)N3CCCC3)ncc2[N+](=O)[O-])CC1.NC1CCC(CNc2nc(NCC(=O)N3CCNCC3)ncc2[N+](=O)[O-])CC1.NC1CCC(CNc2nc(NCC(=O)N3CCOCC3)ncc2[N+](=O)[O-])CC1. The van der Waals surface area contributed by atoms with E-state index in [9.17, 15) is 64.7 Å². The van der Waals surface area contributed by atoms with E-state index in [1.807, 2.05) is 0 Å². The molecule has 8 aliphatic rings. The van der Waals surface area contributed by atoms with Gasteiger partial charge < -0.3 is 100 Å². The molecule has 8 fully saturated rings. The molecule has 0 bridgehead atoms. The zero-order chi connectivity index (χ0) is 79.9. The van der Waals surface area contributed by atoms with E-state index in [2.05, 4.69) is 87.7 Å². The Bertz CT molecular complexity index is 3590. The Morgan fingerprint density at radius 2 is 0.634 bits per heavy atom. The second-order valence-corrected chi connectivity index (χ2v) is 29.6. The number of carbonyl (C=O) groups is 4. The number of carbonyl (C=O) groups excluding carboxylic acids is 4. The summed E-state index contributed by atoms with van der Waals surface area (Å²) in [5.41, 5.74) is 23.0. The summed E-state index contributed by atoms with van der Waals surface area (Å²) < 4.78 is 5.23. The number of piperazine rings is 1. The molecule has 0 spiro atoms. The number of nitro groups is 4. The maximum atomic E-state index is 12.3. The van der Waals surface area contributed by atoms with E-state index in [1.54, 1.807) is 19.6 Å². The van der Waals surface area contributed by atoms with Crippen molar-refractivity contribution in [2.45, 2.75) is 159 Å². The number of nitrogens with one attached hydrogen (secondary N) is 9. The maximum absolute atomic E-state index is 12.3. The van der Waals surface area contributed by atoms with E-state index in [0.717, 1.165) is 154 Å². The van der Waals surface area contributed by atoms with E-state index in [0.29, 0.717) is 115 Å². The van der Waals surface area contributed by atoms with Crippen LogP contribution in [0.3, 0.4) is 0 Å². The Morgan fingerprint density at radius 1 is 0.384 bits per heavy atom. The van der Waals surface area contributed by atoms with Crippen molar-refractivity contribution < 1.29 is 48.7 Å². The van der Waals surface area contributed by atoms with Crippen molar-refractivity contribution in [3.63, 3.8) is 0 Å². The van der Waals surface area contributed by atoms with E-state index in [4.69, 9.17) is 27.7 Å². The van der Waals surface area contributed by atoms with Crippen molar-refractivity contribution in [2.75, 3.05) is 174 Å². The van der Waals surface area contributed by atoms with Crippen LogP contribution in [-0.4, -0.2) is 269 Å². The number of anilines is 8. The molecular weight excluding hydrogens is 1460 g/mol. The highest BCUT2D eigenvalue weighted by atomic mass is 16.6. The molecule has 4 amide bonds. The molecule has 4 saturated heterocycles. The molecule has 18 N–H and O–H groups in total. The number of aliphatic hydroxyl groups excluding tert-OH is 1. The minimum atomic E-state index is -0.521. The first-order chi connectivity index (χ1) is 54.0. The molecule has 4 saturated carbocycles. The van der Waals surface area contributed by atoms with Gasteiger partial charge in [-0.15, -0.1) is 0 Å². The molecule has 43 heteroatoms. The predicted molar refractivity (Wildman–Crippen MR) is 417 cm³/mol. The molecule has 43 nitrogen and oxygen atoms in total. The van der Waals surface area contributed by atoms with E-state index in [1.165, 1.54) is 12.4 Å². The van der Waals surface area contributed by atoms with Crippen molar-refractivity contribution in [1.82, 2.24) is 64.8 Å². The Hall–Kier alpha value is -10.1. The van der Waals surface area contributed by atoms with Crippen molar-refractivity contribution in [3.05, 3.63) is 65.2 Å². The monoisotopic (exact) mass is 1570 g/mol. The lowest BCUT2D eigenvalue weighted by molar-refractivity contribution is -0.384. The predicted octanol–water partition coefficient (Wildman–Crippen LogP) is 2.80. The van der Waals surface area contributed by atoms with Crippen LogP contribution in [0.5, 0.6) is 0 Å². The number of nitrogens with zero attached hydrogens (tertiary/aromatic N) is 16. The quantitative estimate of drug-likeness (QED) is 0.0287. The van der Waals surface area contributed by atoms with E-state index >= 15 is 0 Å². The Morgan fingerprint density at radius 3 is 0.902 bits per heavy atom. The fourth-order valence-corrected chi connectivity index (χ4v) is 14.3. The number of likely N-dealkylation sites (tertiary alicyclic amines) is 2. The normalized spacial score (nSPS) is 22.6. The smallest absolute Gasteiger partial charge is 0.329 e. The highest BCUT2D eigenvalue weighted by Gasteiger charge is 2.30. The molecule has 112 heavy (non-hydrogen) atoms. The molecule has 0 aromatic carbocycles. The second kappa shape index (κ2) is 44.2. The molecule has 12 rings (SSSR count). The summed E-state index contributed by atoms with van der Waals surface area (Å²) in [5.74, 6) is 2.81. The van der Waals surface area contributed by atoms with Gasteiger partial charge in [0.1, 0.15) is 24.8 Å². The Labute approximate surface area is 648 Å². The van der Waals surface area contributed by atoms with Gasteiger partial charge in [0.15, 0.2) is 0 Å². The summed E-state index contributed by atoms with van der Waals surface area (Å²) in [4.78, 5) is 132. The third kappa shape index (κ3) is 28.0. The summed E-state index contributed by atoms with van der Waals surface area (Å²) in [6.45, 7) is 10.2. The third-order valence-corrected chi connectivity index (χ3v) is 21.4. The molecule has 616 valence electrons. The molecule has 0 atom stereocenters. The second-order valence-electron chi connectivity index (χ2n) is 29.6. The standard InChI is InChI=1S/C18H29N7O4.C17H28N8O3.C17H27N7O4.C17H27N7O3/c19-13-3-1-12(2-4-13)9-20-17-15(25(28)29)10-21-18(23-17)22-11-16(27)24-7-5-14(26)6-8-24;18-13-3-1-12(2-4-13)9-20-16-14(25(27)28)10-21-17(23-16)22-11-15(26)24-7-5-19-6-8-24;18-13-3-1-12(2-4-13)9-19-16-14(24(26)27)10-20-17(22-16)21-11-15(25)23-5-7-28-8-6-23;18-13-5-3-12(4-6-13)9-19-16-14(24(26)27)10-20-17(22-16)21-11-15(25)23-7-1-2-8-23/h10,12-14,26H,1-9,11,19H2,(H2,20,21,22,23);10,12-13,19H,1-9,11,18H2,(H2,20,21,22,23);10,12-13H,1-9,11,18H2,(H2,19,20,21,22);10,12-13H,1-9,11,18H2,(H2,19,20,21,22). The fraction of sp³-hybridized carbons (Fsp3) is 0.710. The van der Waals surface area contributed by atoms with Crippen LogP contribution in [0.25, 0.3) is 0 Å². The number of morpholine rings is 1. The number of rotatable bonds is 28. The van der Waals surface area contributed by atoms with Gasteiger partial charge in [0.05, 0.1) is 65.2 Å². The minimum Gasteiger partial charge on any atom is -0.393 e. The van der Waals surface area contributed by atoms with Crippen LogP contribution >= 0.6 is 0 Å². The van der Waals surface area contributed by atoms with Crippen LogP contribution in [0.4, 0.5) is 69.8 Å². The summed E-state index contributed by atoms with van der Waals surface area (Å²) in [7, 11) is 0. The maximum Gasteiger partial charge on any atom is 0.329 e. The number of ether oxygens (including phenoxy) is 1. The van der Waals surface area contributed by atoms with Crippen LogP contribution in [0.2, 0.25) is 0 Å². The van der Waals surface area contributed by atoms with Crippen molar-refractivity contribution in [3.8, 4) is 0 Å². The van der Waals surface area contributed by atoms with Gasteiger partial charge in [-0.25, -0.2) is 19.9 Å². The van der Waals surface area contributed by atoms with E-state index < -0.39 is 19.7 Å². The Balaban J connectivity index is 0.000000171. The number of nitrogens with two attached hydrogens (primary N) is 4. The minimum absolute atomic E-state index is 0.00609. The average molecular weight is 1570 g/mol. The topological polar surface area (TPSA) is 599 Å². The highest BCUT2D eigenvalue weighted by Crippen LogP contribution is 2.32. The lowest BCUT2D eigenvalue weighted by atomic mass is 9.86. The van der Waals surface area contributed by atoms with Gasteiger partial charge in [0.25, 0.3) is 0 Å². The molecule has 4 aromatic heterocycles. The van der Waals surface area contributed by atoms with Crippen molar-refractivity contribution >= 4 is 93.4 Å². The van der Waals surface area contributed by atoms with Crippen LogP contribution in [0.1, 0.15) is 128 Å². The number of piperidine rings is 1. The number of amides is 4. The summed E-state index contributed by atoms with van der Waals surface area (Å²) in [6.07, 6.45) is 23.2. The van der Waals surface area contributed by atoms with Gasteiger partial charge in [-0.2, -0.15) is 19.9 Å². The summed E-state index contributed by atoms with van der Waals surface area (Å²) in [6, 6.07) is 1.02. The average Bonchev–Trinajstić information content (AvgIpc) is 0.856. The van der Waals surface area contributed by atoms with Crippen LogP contribution in [0.15, 0.2) is 24.8 Å². The Kier molecular flexibility index (Phi) is 33.9. The molecular formula is C69H111N29O14. The number of hydrogen-bond acceptors (Lipinski definition) is 35. The first-order valence-corrected chi connectivity index (χ1v) is 39.1. The molecule has 4 aliphatic heterocycles. The fourth-order valence-electron chi connectivity index (χ4n) is 14.3. The molecule has 4 aromatic rings. The molecule has 8 heterocycles.